The van der Waals surface area contributed by atoms with Crippen molar-refractivity contribution in [3.63, 3.8) is 0 Å². The van der Waals surface area contributed by atoms with Crippen LogP contribution in [0.2, 0.25) is 0 Å². The lowest BCUT2D eigenvalue weighted by Crippen LogP contribution is -2.81. The van der Waals surface area contributed by atoms with E-state index in [1.54, 1.807) is 24.5 Å². The lowest BCUT2D eigenvalue weighted by Gasteiger charge is -2.44. The first-order valence-electron chi connectivity index (χ1n) is 20.0. The van der Waals surface area contributed by atoms with Crippen molar-refractivity contribution in [2.75, 3.05) is 0 Å². The summed E-state index contributed by atoms with van der Waals surface area (Å²) in [4.78, 5) is 16.6. The van der Waals surface area contributed by atoms with Crippen molar-refractivity contribution in [1.82, 2.24) is 4.98 Å². The zero-order valence-corrected chi connectivity index (χ0v) is 35.4. The SMILES string of the molecule is Fc1c(F)c(F)c([B-](c2c(F)c(F)c(F)c(F)c2F)(c2c(F)c(F)c(F)c(F)c2F)c2c(F)c(F)c(F)c(F)c2F)c(F)c1F.O=C(Oc1ccc(-c2ccccc2)cc1)c1c[n+](Cc2ccccc2)ccn1. The van der Waals surface area contributed by atoms with Crippen molar-refractivity contribution in [3.8, 4) is 16.9 Å². The average Bonchev–Trinajstić information content (AvgIpc) is 3.39. The molecule has 0 saturated carbocycles. The fraction of sp³-hybridized carbons (Fsp3) is 0.0208. The molecule has 25 heteroatoms. The molecule has 8 aromatic rings. The maximum atomic E-state index is 15.4. The third-order valence-electron chi connectivity index (χ3n) is 11.1. The van der Waals surface area contributed by atoms with Gasteiger partial charge in [0.15, 0.2) is 82.5 Å². The summed E-state index contributed by atoms with van der Waals surface area (Å²) in [6.45, 7) is 0.662. The molecule has 0 N–H and O–H groups in total. The fourth-order valence-corrected chi connectivity index (χ4v) is 7.81. The van der Waals surface area contributed by atoms with Crippen LogP contribution in [0.25, 0.3) is 11.1 Å². The van der Waals surface area contributed by atoms with Gasteiger partial charge in [-0.2, -0.15) is 4.57 Å². The van der Waals surface area contributed by atoms with Gasteiger partial charge < -0.3 is 4.74 Å². The minimum Gasteiger partial charge on any atom is -0.422 e. The first-order valence-corrected chi connectivity index (χ1v) is 20.0. The number of hydrogen-bond donors (Lipinski definition) is 0. The highest BCUT2D eigenvalue weighted by molar-refractivity contribution is 7.20. The quantitative estimate of drug-likeness (QED) is 0.0275. The summed E-state index contributed by atoms with van der Waals surface area (Å²) in [7, 11) is 0. The molecule has 0 amide bonds. The van der Waals surface area contributed by atoms with Gasteiger partial charge in [0.05, 0.1) is 6.20 Å². The van der Waals surface area contributed by atoms with Crippen LogP contribution in [-0.2, 0) is 6.54 Å². The number of ether oxygens (including phenoxy) is 1. The van der Waals surface area contributed by atoms with Gasteiger partial charge in [-0.3, -0.25) is 0 Å². The zero-order chi connectivity index (χ0) is 53.5. The molecule has 0 radical (unpaired) electrons. The van der Waals surface area contributed by atoms with Gasteiger partial charge in [-0.25, -0.2) is 97.6 Å². The number of esters is 1. The second kappa shape index (κ2) is 20.5. The Morgan fingerprint density at radius 2 is 0.699 bits per heavy atom. The van der Waals surface area contributed by atoms with Crippen LogP contribution < -0.4 is 31.2 Å². The van der Waals surface area contributed by atoms with Crippen molar-refractivity contribution < 1.29 is 102 Å². The second-order valence-corrected chi connectivity index (χ2v) is 15.2. The lowest BCUT2D eigenvalue weighted by atomic mass is 9.12. The summed E-state index contributed by atoms with van der Waals surface area (Å²) in [5.74, 6) is -71.4. The summed E-state index contributed by atoms with van der Waals surface area (Å²) in [5, 5.41) is 0. The van der Waals surface area contributed by atoms with E-state index in [-0.39, 0.29) is 5.69 Å². The Bertz CT molecular complexity index is 3100. The van der Waals surface area contributed by atoms with Gasteiger partial charge >= 0.3 is 5.97 Å². The molecule has 0 atom stereocenters. The summed E-state index contributed by atoms with van der Waals surface area (Å²) in [6.07, 6.45) is -2.07. The lowest BCUT2D eigenvalue weighted by molar-refractivity contribution is -0.689. The van der Waals surface area contributed by atoms with Gasteiger partial charge in [-0.1, -0.05) is 72.8 Å². The molecule has 1 aromatic heterocycles. The molecule has 0 aliphatic carbocycles. The van der Waals surface area contributed by atoms with Crippen LogP contribution in [0, 0.1) is 116 Å². The van der Waals surface area contributed by atoms with E-state index in [0.29, 0.717) is 12.3 Å². The fourth-order valence-electron chi connectivity index (χ4n) is 7.81. The van der Waals surface area contributed by atoms with Crippen LogP contribution in [-0.4, -0.2) is 17.1 Å². The second-order valence-electron chi connectivity index (χ2n) is 15.2. The average molecular weight is 1050 g/mol. The Labute approximate surface area is 394 Å². The van der Waals surface area contributed by atoms with Crippen LogP contribution in [0.4, 0.5) is 87.8 Å². The predicted molar refractivity (Wildman–Crippen MR) is 216 cm³/mol. The molecule has 4 nitrogen and oxygen atoms in total. The third kappa shape index (κ3) is 9.07. The predicted octanol–water partition coefficient (Wildman–Crippen LogP) is 10.1. The number of carbonyl (C=O) groups is 1. The molecule has 0 aliphatic heterocycles. The van der Waals surface area contributed by atoms with Crippen molar-refractivity contribution in [2.45, 2.75) is 6.54 Å². The van der Waals surface area contributed by atoms with E-state index in [1.165, 1.54) is 0 Å². The number of carbonyl (C=O) groups excluding carboxylic acids is 1. The van der Waals surface area contributed by atoms with E-state index in [4.69, 9.17) is 4.74 Å². The van der Waals surface area contributed by atoms with Crippen LogP contribution in [0.3, 0.4) is 0 Å². The molecule has 0 bridgehead atoms. The number of hydrogen-bond acceptors (Lipinski definition) is 3. The maximum absolute atomic E-state index is 15.4. The topological polar surface area (TPSA) is 43.1 Å². The minimum atomic E-state index is -7.22. The normalized spacial score (nSPS) is 11.4. The molecule has 0 fully saturated rings. The highest BCUT2D eigenvalue weighted by atomic mass is 19.2. The van der Waals surface area contributed by atoms with E-state index in [1.807, 2.05) is 83.6 Å². The minimum absolute atomic E-state index is 0.269. The van der Waals surface area contributed by atoms with Crippen molar-refractivity contribution in [3.05, 3.63) is 231 Å². The summed E-state index contributed by atoms with van der Waals surface area (Å²) >= 11 is 0. The molecule has 0 aliphatic rings. The Morgan fingerprint density at radius 3 is 1.04 bits per heavy atom. The first-order chi connectivity index (χ1) is 34.5. The van der Waals surface area contributed by atoms with Crippen molar-refractivity contribution >= 4 is 34.0 Å². The van der Waals surface area contributed by atoms with Crippen LogP contribution in [0.5, 0.6) is 5.75 Å². The van der Waals surface area contributed by atoms with E-state index < -0.39 is 150 Å². The first kappa shape index (κ1) is 52.6. The molecule has 0 unspecified atom stereocenters. The number of aromatic nitrogens is 2. The molecular formula is C48H19BF20N2O2. The zero-order valence-electron chi connectivity index (χ0n) is 35.4. The number of rotatable bonds is 9. The summed E-state index contributed by atoms with van der Waals surface area (Å²) < 4.78 is 301. The molecule has 73 heavy (non-hydrogen) atoms. The molecule has 8 rings (SSSR count). The largest absolute Gasteiger partial charge is 0.422 e. The summed E-state index contributed by atoms with van der Waals surface area (Å²) in [6, 6.07) is 27.6. The third-order valence-corrected chi connectivity index (χ3v) is 11.1. The smallest absolute Gasteiger partial charge is 0.368 e. The highest BCUT2D eigenvalue weighted by Crippen LogP contribution is 2.31. The number of halogens is 20. The Kier molecular flexibility index (Phi) is 14.7. The number of nitrogens with zero attached hydrogens (tertiary/aromatic N) is 2. The molecule has 0 saturated heterocycles. The highest BCUT2D eigenvalue weighted by Gasteiger charge is 2.52. The summed E-state index contributed by atoms with van der Waals surface area (Å²) in [5.41, 5.74) is -10.7. The molecule has 1 heterocycles. The Morgan fingerprint density at radius 1 is 0.397 bits per heavy atom. The van der Waals surface area contributed by atoms with Crippen molar-refractivity contribution in [2.24, 2.45) is 0 Å². The van der Waals surface area contributed by atoms with Gasteiger partial charge in [-0.05, 0) is 23.3 Å². The van der Waals surface area contributed by atoms with E-state index in [0.717, 1.165) is 16.7 Å². The molecule has 0 spiro atoms. The van der Waals surface area contributed by atoms with Crippen molar-refractivity contribution in [1.29, 1.82) is 0 Å². The van der Waals surface area contributed by atoms with Gasteiger partial charge in [0.2, 0.25) is 11.9 Å². The monoisotopic (exact) mass is 1050 g/mol. The molecule has 7 aromatic carbocycles. The van der Waals surface area contributed by atoms with E-state index >= 15 is 35.1 Å². The molecule has 376 valence electrons. The Hall–Kier alpha value is -8.25. The number of benzene rings is 7. The van der Waals surface area contributed by atoms with E-state index in [2.05, 4.69) is 4.98 Å². The Balaban J connectivity index is 0.000000237. The van der Waals surface area contributed by atoms with E-state index in [9.17, 15) is 57.5 Å². The van der Waals surface area contributed by atoms with Crippen LogP contribution >= 0.6 is 0 Å². The molecular weight excluding hydrogens is 1030 g/mol. The van der Waals surface area contributed by atoms with Gasteiger partial charge in [0, 0.05) is 5.56 Å². The van der Waals surface area contributed by atoms with Gasteiger partial charge in [0.1, 0.15) is 58.4 Å². The van der Waals surface area contributed by atoms with Gasteiger partial charge in [-0.15, -0.1) is 21.9 Å². The maximum Gasteiger partial charge on any atom is 0.368 e. The van der Waals surface area contributed by atoms with Crippen LogP contribution in [0.1, 0.15) is 16.1 Å². The standard InChI is InChI=1S/C24BF20.C24H19N2O2/c26-5-1(6(27)14(35)21(42)13(5)34)25(2-7(28)15(36)22(43)16(37)8(2)29,3-9(30)17(38)23(44)18(39)10(3)31)4-11(32)19(40)24(45)20(41)12(4)33;27-24(23-18-26(16-15-25-23)17-19-7-3-1-4-8-19)28-22-13-11-21(12-14-22)20-9-5-2-6-10-20/h;1-16,18H,17H2/q-1;+1. The van der Waals surface area contributed by atoms with Crippen LogP contribution in [0.15, 0.2) is 104 Å². The van der Waals surface area contributed by atoms with Gasteiger partial charge in [0.25, 0.3) is 0 Å².